The van der Waals surface area contributed by atoms with Crippen LogP contribution in [0.2, 0.25) is 0 Å². The second kappa shape index (κ2) is 6.81. The van der Waals surface area contributed by atoms with E-state index in [1.807, 2.05) is 0 Å². The van der Waals surface area contributed by atoms with Crippen molar-refractivity contribution in [2.45, 2.75) is 42.5 Å². The van der Waals surface area contributed by atoms with Crippen LogP contribution >= 0.6 is 11.8 Å². The summed E-state index contributed by atoms with van der Waals surface area (Å²) in [5, 5.41) is 0.726. The molecule has 1 aliphatic carbocycles. The third kappa shape index (κ3) is 3.44. The van der Waals surface area contributed by atoms with Gasteiger partial charge in [0.2, 0.25) is 0 Å². The summed E-state index contributed by atoms with van der Waals surface area (Å²) in [6.07, 6.45) is 3.07. The summed E-state index contributed by atoms with van der Waals surface area (Å²) in [7, 11) is -3.06. The number of hydrogen-bond donors (Lipinski definition) is 0. The minimum Gasteiger partial charge on any atom is -0.292 e. The average molecular weight is 394 g/mol. The van der Waals surface area contributed by atoms with Gasteiger partial charge in [0.25, 0.3) is 0 Å². The Bertz CT molecular complexity index is 1000. The molecule has 2 aromatic rings. The number of rotatable bonds is 4. The number of hydrogen-bond acceptors (Lipinski definition) is 5. The van der Waals surface area contributed by atoms with Crippen molar-refractivity contribution in [3.8, 4) is 0 Å². The van der Waals surface area contributed by atoms with Crippen LogP contribution < -0.4 is 5.69 Å². The Hall–Kier alpha value is -1.67. The Balaban J connectivity index is 1.64. The second-order valence-corrected chi connectivity index (χ2v) is 10.0. The van der Waals surface area contributed by atoms with Crippen molar-refractivity contribution in [3.63, 3.8) is 0 Å². The summed E-state index contributed by atoms with van der Waals surface area (Å²) in [5.41, 5.74) is 2.64. The van der Waals surface area contributed by atoms with E-state index in [1.165, 1.54) is 23.9 Å². The fourth-order valence-electron chi connectivity index (χ4n) is 3.75. The minimum absolute atomic E-state index is 0.0308. The van der Waals surface area contributed by atoms with E-state index in [2.05, 4.69) is 4.98 Å². The van der Waals surface area contributed by atoms with Crippen LogP contribution in [-0.4, -0.2) is 29.5 Å². The summed E-state index contributed by atoms with van der Waals surface area (Å²) < 4.78 is 38.3. The van der Waals surface area contributed by atoms with E-state index in [-0.39, 0.29) is 29.1 Å². The molecule has 8 heteroatoms. The number of fused-ring (bicyclic) bond motifs is 1. The highest BCUT2D eigenvalue weighted by atomic mass is 32.2. The average Bonchev–Trinajstić information content (AvgIpc) is 3.20. The van der Waals surface area contributed by atoms with Crippen LogP contribution in [0, 0.1) is 5.82 Å². The zero-order valence-corrected chi connectivity index (χ0v) is 15.8. The van der Waals surface area contributed by atoms with Gasteiger partial charge in [-0.05, 0) is 43.4 Å². The number of benzene rings is 1. The molecule has 0 spiro atoms. The maximum absolute atomic E-state index is 13.0. The van der Waals surface area contributed by atoms with Gasteiger partial charge in [-0.3, -0.25) is 4.57 Å². The number of nitrogens with zero attached hydrogens (tertiary/aromatic N) is 2. The summed E-state index contributed by atoms with van der Waals surface area (Å²) in [6.45, 7) is 0. The van der Waals surface area contributed by atoms with Gasteiger partial charge < -0.3 is 0 Å². The van der Waals surface area contributed by atoms with Crippen molar-refractivity contribution >= 4 is 21.6 Å². The van der Waals surface area contributed by atoms with Crippen LogP contribution in [0.25, 0.3) is 0 Å². The Morgan fingerprint density at radius 3 is 2.69 bits per heavy atom. The van der Waals surface area contributed by atoms with Gasteiger partial charge in [0, 0.05) is 17.0 Å². The van der Waals surface area contributed by atoms with Gasteiger partial charge in [-0.2, -0.15) is 4.98 Å². The maximum Gasteiger partial charge on any atom is 0.349 e. The molecule has 0 unspecified atom stereocenters. The molecule has 1 atom stereocenters. The van der Waals surface area contributed by atoms with Crippen molar-refractivity contribution in [2.24, 2.45) is 0 Å². The Morgan fingerprint density at radius 2 is 2.00 bits per heavy atom. The molecule has 0 radical (unpaired) electrons. The molecule has 1 aliphatic heterocycles. The van der Waals surface area contributed by atoms with Crippen molar-refractivity contribution in [1.29, 1.82) is 0 Å². The molecule has 0 bridgehead atoms. The van der Waals surface area contributed by atoms with E-state index in [0.29, 0.717) is 12.2 Å². The molecule has 1 fully saturated rings. The first-order valence-electron chi connectivity index (χ1n) is 8.65. The predicted molar refractivity (Wildman–Crippen MR) is 98.8 cm³/mol. The Labute approximate surface area is 155 Å². The smallest absolute Gasteiger partial charge is 0.292 e. The molecule has 1 aromatic heterocycles. The molecule has 2 heterocycles. The summed E-state index contributed by atoms with van der Waals surface area (Å²) >= 11 is 1.48. The molecule has 5 nitrogen and oxygen atoms in total. The number of thioether (sulfide) groups is 1. The molecular weight excluding hydrogens is 375 g/mol. The minimum atomic E-state index is -3.06. The van der Waals surface area contributed by atoms with Crippen molar-refractivity contribution in [2.75, 3.05) is 11.5 Å². The lowest BCUT2D eigenvalue weighted by Crippen LogP contribution is -2.31. The van der Waals surface area contributed by atoms with Crippen LogP contribution in [0.3, 0.4) is 0 Å². The zero-order valence-electron chi connectivity index (χ0n) is 14.2. The molecule has 26 heavy (non-hydrogen) atoms. The molecule has 0 N–H and O–H groups in total. The van der Waals surface area contributed by atoms with E-state index < -0.39 is 9.84 Å². The zero-order chi connectivity index (χ0) is 18.3. The molecule has 138 valence electrons. The van der Waals surface area contributed by atoms with E-state index in [9.17, 15) is 17.6 Å². The molecular formula is C18H19FN2O3S2. The lowest BCUT2D eigenvalue weighted by molar-refractivity contribution is 0.502. The number of aromatic nitrogens is 2. The van der Waals surface area contributed by atoms with Gasteiger partial charge >= 0.3 is 5.69 Å². The first-order valence-corrected chi connectivity index (χ1v) is 11.5. The lowest BCUT2D eigenvalue weighted by Gasteiger charge is -2.18. The van der Waals surface area contributed by atoms with Gasteiger partial charge in [0.15, 0.2) is 9.84 Å². The summed E-state index contributed by atoms with van der Waals surface area (Å²) in [5.74, 6) is 0.510. The van der Waals surface area contributed by atoms with Crippen LogP contribution in [0.15, 0.2) is 34.1 Å². The van der Waals surface area contributed by atoms with Crippen LogP contribution in [-0.2, 0) is 28.4 Å². The Morgan fingerprint density at radius 1 is 1.23 bits per heavy atom. The highest BCUT2D eigenvalue weighted by molar-refractivity contribution is 7.98. The lowest BCUT2D eigenvalue weighted by atomic mass is 10.2. The van der Waals surface area contributed by atoms with E-state index >= 15 is 0 Å². The topological polar surface area (TPSA) is 69.0 Å². The van der Waals surface area contributed by atoms with Crippen molar-refractivity contribution < 1.29 is 12.8 Å². The highest BCUT2D eigenvalue weighted by Gasteiger charge is 2.33. The van der Waals surface area contributed by atoms with E-state index in [0.717, 1.165) is 41.1 Å². The quantitative estimate of drug-likeness (QED) is 0.589. The fraction of sp³-hybridized carbons (Fsp3) is 0.444. The maximum atomic E-state index is 13.0. The van der Waals surface area contributed by atoms with Gasteiger partial charge in [-0.25, -0.2) is 17.6 Å². The first kappa shape index (κ1) is 17.7. The Kier molecular flexibility index (Phi) is 4.64. The normalized spacial score (nSPS) is 21.0. The standard InChI is InChI=1S/C18H19FN2O3S2/c19-13-6-4-12(5-7-13)10-25-17-15-2-1-3-16(15)21(18(22)20-17)14-8-9-26(23,24)11-14/h4-7,14H,1-3,8-11H2/t14-/m1/s1. The molecule has 2 aliphatic rings. The largest absolute Gasteiger partial charge is 0.349 e. The number of sulfone groups is 1. The third-order valence-corrected chi connectivity index (χ3v) is 7.84. The van der Waals surface area contributed by atoms with E-state index in [4.69, 9.17) is 0 Å². The molecule has 0 saturated carbocycles. The molecule has 4 rings (SSSR count). The highest BCUT2D eigenvalue weighted by Crippen LogP contribution is 2.34. The second-order valence-electron chi connectivity index (χ2n) is 6.82. The van der Waals surface area contributed by atoms with Gasteiger partial charge in [0.1, 0.15) is 10.8 Å². The molecule has 0 amide bonds. The monoisotopic (exact) mass is 394 g/mol. The summed E-state index contributed by atoms with van der Waals surface area (Å²) in [4.78, 5) is 16.9. The molecule has 1 saturated heterocycles. The third-order valence-electron chi connectivity index (χ3n) is 5.00. The van der Waals surface area contributed by atoms with E-state index in [1.54, 1.807) is 16.7 Å². The fourth-order valence-corrected chi connectivity index (χ4v) is 6.49. The van der Waals surface area contributed by atoms with Crippen molar-refractivity contribution in [3.05, 3.63) is 57.4 Å². The van der Waals surface area contributed by atoms with Crippen molar-refractivity contribution in [1.82, 2.24) is 9.55 Å². The van der Waals surface area contributed by atoms with Gasteiger partial charge in [-0.1, -0.05) is 12.1 Å². The van der Waals surface area contributed by atoms with Gasteiger partial charge in [0.05, 0.1) is 17.5 Å². The SMILES string of the molecule is O=c1nc(SCc2ccc(F)cc2)c2c(n1[C@@H]1CCS(=O)(=O)C1)CCC2. The summed E-state index contributed by atoms with van der Waals surface area (Å²) in [6, 6.07) is 6.02. The van der Waals surface area contributed by atoms with Crippen LogP contribution in [0.1, 0.15) is 35.7 Å². The molecule has 1 aromatic carbocycles. The van der Waals surface area contributed by atoms with Crippen LogP contribution in [0.4, 0.5) is 4.39 Å². The predicted octanol–water partition coefficient (Wildman–Crippen LogP) is 2.52. The van der Waals surface area contributed by atoms with Gasteiger partial charge in [-0.15, -0.1) is 11.8 Å². The van der Waals surface area contributed by atoms with Crippen LogP contribution in [0.5, 0.6) is 0 Å². The number of halogens is 1. The first-order chi connectivity index (χ1) is 12.4.